The standard InChI is InChI=1S/C17H18N4O3S2/c1-10-16(25-17(19-10)20-12(3)22)13-5-6-15(26(4,23)24)14(9-13)21-8-7-18-11(21)2/h5-9H,1-4H3,(H,19,20,22). The van der Waals surface area contributed by atoms with E-state index in [4.69, 9.17) is 0 Å². The Kier molecular flexibility index (Phi) is 4.68. The molecule has 136 valence electrons. The van der Waals surface area contributed by atoms with Gasteiger partial charge in [0.15, 0.2) is 15.0 Å². The average Bonchev–Trinajstić information content (AvgIpc) is 3.11. The summed E-state index contributed by atoms with van der Waals surface area (Å²) in [5.74, 6) is 0.500. The number of rotatable bonds is 4. The highest BCUT2D eigenvalue weighted by atomic mass is 32.2. The number of nitrogens with one attached hydrogen (secondary N) is 1. The van der Waals surface area contributed by atoms with E-state index in [1.165, 1.54) is 24.5 Å². The zero-order chi connectivity index (χ0) is 19.1. The molecule has 2 aromatic heterocycles. The molecule has 0 saturated heterocycles. The lowest BCUT2D eigenvalue weighted by molar-refractivity contribution is -0.114. The Hall–Kier alpha value is -2.52. The van der Waals surface area contributed by atoms with Gasteiger partial charge in [0.1, 0.15) is 5.82 Å². The van der Waals surface area contributed by atoms with Gasteiger partial charge in [-0.05, 0) is 31.5 Å². The number of hydrogen-bond donors (Lipinski definition) is 1. The second-order valence-corrected chi connectivity index (χ2v) is 8.90. The molecule has 0 atom stereocenters. The molecule has 26 heavy (non-hydrogen) atoms. The second-order valence-electron chi connectivity index (χ2n) is 5.91. The Morgan fingerprint density at radius 3 is 2.58 bits per heavy atom. The van der Waals surface area contributed by atoms with E-state index in [1.54, 1.807) is 29.1 Å². The number of imidazole rings is 1. The monoisotopic (exact) mass is 390 g/mol. The van der Waals surface area contributed by atoms with E-state index >= 15 is 0 Å². The fourth-order valence-corrected chi connectivity index (χ4v) is 4.52. The Morgan fingerprint density at radius 1 is 1.27 bits per heavy atom. The van der Waals surface area contributed by atoms with Gasteiger partial charge in [-0.25, -0.2) is 18.4 Å². The highest BCUT2D eigenvalue weighted by Gasteiger charge is 2.19. The normalized spacial score (nSPS) is 11.5. The highest BCUT2D eigenvalue weighted by molar-refractivity contribution is 7.90. The quantitative estimate of drug-likeness (QED) is 0.739. The molecule has 0 aliphatic rings. The van der Waals surface area contributed by atoms with Crippen LogP contribution in [0.5, 0.6) is 0 Å². The van der Waals surface area contributed by atoms with Gasteiger partial charge in [0.25, 0.3) is 0 Å². The molecule has 9 heteroatoms. The van der Waals surface area contributed by atoms with E-state index in [0.717, 1.165) is 16.1 Å². The zero-order valence-electron chi connectivity index (χ0n) is 14.8. The molecule has 0 unspecified atom stereocenters. The van der Waals surface area contributed by atoms with E-state index < -0.39 is 9.84 Å². The lowest BCUT2D eigenvalue weighted by Crippen LogP contribution is -2.06. The number of sulfone groups is 1. The first-order chi connectivity index (χ1) is 12.2. The van der Waals surface area contributed by atoms with Crippen molar-refractivity contribution in [1.29, 1.82) is 0 Å². The van der Waals surface area contributed by atoms with Gasteiger partial charge in [0.05, 0.1) is 21.2 Å². The van der Waals surface area contributed by atoms with Crippen LogP contribution in [0.2, 0.25) is 0 Å². The number of nitrogens with zero attached hydrogens (tertiary/aromatic N) is 3. The van der Waals surface area contributed by atoms with Crippen LogP contribution in [0.4, 0.5) is 5.13 Å². The summed E-state index contributed by atoms with van der Waals surface area (Å²) in [6.45, 7) is 5.09. The molecule has 0 bridgehead atoms. The van der Waals surface area contributed by atoms with Gasteiger partial charge >= 0.3 is 0 Å². The predicted octanol–water partition coefficient (Wildman–Crippen LogP) is 2.97. The SMILES string of the molecule is CC(=O)Nc1nc(C)c(-c2ccc(S(C)(=O)=O)c(-n3ccnc3C)c2)s1. The molecule has 7 nitrogen and oxygen atoms in total. The number of thiazole rings is 1. The minimum atomic E-state index is -3.41. The van der Waals surface area contributed by atoms with Crippen molar-refractivity contribution in [2.45, 2.75) is 25.7 Å². The van der Waals surface area contributed by atoms with Crippen molar-refractivity contribution < 1.29 is 13.2 Å². The highest BCUT2D eigenvalue weighted by Crippen LogP contribution is 2.35. The van der Waals surface area contributed by atoms with Gasteiger partial charge in [0, 0.05) is 25.6 Å². The Bertz CT molecular complexity index is 1100. The summed E-state index contributed by atoms with van der Waals surface area (Å²) in [4.78, 5) is 20.9. The summed E-state index contributed by atoms with van der Waals surface area (Å²) in [5.41, 5.74) is 2.13. The maximum absolute atomic E-state index is 12.2. The molecule has 0 spiro atoms. The van der Waals surface area contributed by atoms with Crippen LogP contribution in [0.25, 0.3) is 16.1 Å². The number of anilines is 1. The molecule has 0 aliphatic carbocycles. The van der Waals surface area contributed by atoms with Crippen LogP contribution in [0.3, 0.4) is 0 Å². The van der Waals surface area contributed by atoms with E-state index in [2.05, 4.69) is 15.3 Å². The first-order valence-electron chi connectivity index (χ1n) is 7.76. The van der Waals surface area contributed by atoms with Crippen molar-refractivity contribution >= 4 is 32.2 Å². The molecule has 0 fully saturated rings. The van der Waals surface area contributed by atoms with Gasteiger partial charge in [-0.15, -0.1) is 0 Å². The van der Waals surface area contributed by atoms with E-state index in [0.29, 0.717) is 16.6 Å². The average molecular weight is 390 g/mol. The van der Waals surface area contributed by atoms with Crippen molar-refractivity contribution in [3.8, 4) is 16.1 Å². The van der Waals surface area contributed by atoms with Crippen LogP contribution >= 0.6 is 11.3 Å². The number of hydrogen-bond acceptors (Lipinski definition) is 6. The van der Waals surface area contributed by atoms with Gasteiger partial charge in [0.2, 0.25) is 5.91 Å². The van der Waals surface area contributed by atoms with Gasteiger partial charge < -0.3 is 9.88 Å². The molecule has 3 aromatic rings. The number of carbonyl (C=O) groups excluding carboxylic acids is 1. The van der Waals surface area contributed by atoms with Crippen LogP contribution < -0.4 is 5.32 Å². The first-order valence-corrected chi connectivity index (χ1v) is 10.5. The van der Waals surface area contributed by atoms with Crippen LogP contribution in [0.15, 0.2) is 35.5 Å². The maximum Gasteiger partial charge on any atom is 0.223 e. The molecular formula is C17H18N4O3S2. The number of benzene rings is 1. The molecule has 0 aliphatic heterocycles. The van der Waals surface area contributed by atoms with E-state index in [-0.39, 0.29) is 10.8 Å². The summed E-state index contributed by atoms with van der Waals surface area (Å²) in [5, 5.41) is 3.19. The number of carbonyl (C=O) groups is 1. The van der Waals surface area contributed by atoms with E-state index in [1.807, 2.05) is 19.9 Å². The maximum atomic E-state index is 12.2. The minimum Gasteiger partial charge on any atom is -0.303 e. The van der Waals surface area contributed by atoms with Crippen LogP contribution in [-0.2, 0) is 14.6 Å². The topological polar surface area (TPSA) is 94.0 Å². The number of aromatic nitrogens is 3. The van der Waals surface area contributed by atoms with Crippen LogP contribution in [-0.4, -0.2) is 35.1 Å². The third-order valence-corrected chi connectivity index (χ3v) is 6.05. The lowest BCUT2D eigenvalue weighted by atomic mass is 10.1. The second kappa shape index (κ2) is 6.65. The summed E-state index contributed by atoms with van der Waals surface area (Å²) in [6.07, 6.45) is 4.54. The summed E-state index contributed by atoms with van der Waals surface area (Å²) < 4.78 is 26.2. The molecule has 1 N–H and O–H groups in total. The molecule has 0 radical (unpaired) electrons. The summed E-state index contributed by atoms with van der Waals surface area (Å²) in [7, 11) is -3.41. The van der Waals surface area contributed by atoms with Gasteiger partial charge in [-0.2, -0.15) is 0 Å². The van der Waals surface area contributed by atoms with Crippen molar-refractivity contribution in [3.63, 3.8) is 0 Å². The van der Waals surface area contributed by atoms with Crippen LogP contribution in [0, 0.1) is 13.8 Å². The molecule has 2 heterocycles. The third-order valence-electron chi connectivity index (χ3n) is 3.79. The zero-order valence-corrected chi connectivity index (χ0v) is 16.4. The largest absolute Gasteiger partial charge is 0.303 e. The summed E-state index contributed by atoms with van der Waals surface area (Å²) in [6, 6.07) is 5.16. The molecule has 1 amide bonds. The fourth-order valence-electron chi connectivity index (χ4n) is 2.66. The van der Waals surface area contributed by atoms with Crippen molar-refractivity contribution in [2.75, 3.05) is 11.6 Å². The summed E-state index contributed by atoms with van der Waals surface area (Å²) >= 11 is 1.35. The van der Waals surface area contributed by atoms with Gasteiger partial charge in [-0.1, -0.05) is 17.4 Å². The van der Waals surface area contributed by atoms with Crippen molar-refractivity contribution in [3.05, 3.63) is 42.1 Å². The minimum absolute atomic E-state index is 0.188. The Balaban J connectivity index is 2.18. The lowest BCUT2D eigenvalue weighted by Gasteiger charge is -2.12. The molecule has 0 saturated carbocycles. The predicted molar refractivity (Wildman–Crippen MR) is 102 cm³/mol. The van der Waals surface area contributed by atoms with Crippen molar-refractivity contribution in [1.82, 2.24) is 14.5 Å². The van der Waals surface area contributed by atoms with Crippen molar-refractivity contribution in [2.24, 2.45) is 0 Å². The molecule has 3 rings (SSSR count). The first kappa shape index (κ1) is 18.3. The molecule has 1 aromatic carbocycles. The van der Waals surface area contributed by atoms with Crippen LogP contribution in [0.1, 0.15) is 18.4 Å². The number of amides is 1. The fraction of sp³-hybridized carbons (Fsp3) is 0.235. The number of aryl methyl sites for hydroxylation is 2. The smallest absolute Gasteiger partial charge is 0.223 e. The molecular weight excluding hydrogens is 372 g/mol. The van der Waals surface area contributed by atoms with E-state index in [9.17, 15) is 13.2 Å². The Morgan fingerprint density at radius 2 is 2.00 bits per heavy atom. The van der Waals surface area contributed by atoms with Gasteiger partial charge in [-0.3, -0.25) is 4.79 Å². The Labute approximate surface area is 155 Å². The third kappa shape index (κ3) is 3.54.